The molecule has 0 saturated heterocycles. The number of nitrogens with one attached hydrogen (secondary N) is 1. The van der Waals surface area contributed by atoms with Crippen LogP contribution in [0.15, 0.2) is 34.2 Å². The number of amides is 1. The molecule has 0 saturated carbocycles. The highest BCUT2D eigenvalue weighted by Crippen LogP contribution is 2.25. The fraction of sp³-hybridized carbons (Fsp3) is 0.167. The molecule has 0 aliphatic heterocycles. The van der Waals surface area contributed by atoms with E-state index in [9.17, 15) is 4.79 Å². The zero-order chi connectivity index (χ0) is 13.0. The highest BCUT2D eigenvalue weighted by Gasteiger charge is 2.09. The summed E-state index contributed by atoms with van der Waals surface area (Å²) in [7, 11) is 1.59. The average molecular weight is 327 g/mol. The Labute approximate surface area is 117 Å². The number of benzene rings is 1. The molecule has 1 amide bonds. The minimum atomic E-state index is -0.131. The quantitative estimate of drug-likeness (QED) is 0.939. The largest absolute Gasteiger partial charge is 0.496 e. The van der Waals surface area contributed by atoms with E-state index in [0.29, 0.717) is 17.9 Å². The van der Waals surface area contributed by atoms with Gasteiger partial charge in [-0.25, -0.2) is 4.98 Å². The predicted octanol–water partition coefficient (Wildman–Crippen LogP) is 2.84. The smallest absolute Gasteiger partial charge is 0.251 e. The summed E-state index contributed by atoms with van der Waals surface area (Å²) < 4.78 is 5.87. The second-order valence-corrected chi connectivity index (χ2v) is 5.29. The summed E-state index contributed by atoms with van der Waals surface area (Å²) in [5.74, 6) is 0.569. The molecule has 0 bridgehead atoms. The number of nitrogens with zero attached hydrogens (tertiary/aromatic N) is 1. The molecule has 1 N–H and O–H groups in total. The van der Waals surface area contributed by atoms with Crippen LogP contribution in [0.3, 0.4) is 0 Å². The lowest BCUT2D eigenvalue weighted by molar-refractivity contribution is 0.0951. The van der Waals surface area contributed by atoms with E-state index in [-0.39, 0.29) is 5.91 Å². The molecule has 0 aliphatic rings. The van der Waals surface area contributed by atoms with Crippen molar-refractivity contribution in [3.8, 4) is 5.75 Å². The number of rotatable bonds is 4. The number of hydrogen-bond acceptors (Lipinski definition) is 4. The summed E-state index contributed by atoms with van der Waals surface area (Å²) in [6.45, 7) is 0.445. The van der Waals surface area contributed by atoms with E-state index in [1.807, 2.05) is 5.38 Å². The number of halogens is 1. The van der Waals surface area contributed by atoms with Crippen LogP contribution >= 0.6 is 27.3 Å². The van der Waals surface area contributed by atoms with E-state index in [1.165, 1.54) is 11.3 Å². The number of aromatic nitrogens is 1. The van der Waals surface area contributed by atoms with Crippen molar-refractivity contribution >= 4 is 33.2 Å². The molecule has 1 aromatic heterocycles. The molecule has 0 unspecified atom stereocenters. The summed E-state index contributed by atoms with van der Waals surface area (Å²) in [6, 6.07) is 5.21. The Hall–Kier alpha value is -1.40. The van der Waals surface area contributed by atoms with Crippen molar-refractivity contribution in [3.05, 3.63) is 44.8 Å². The van der Waals surface area contributed by atoms with Crippen LogP contribution < -0.4 is 10.1 Å². The van der Waals surface area contributed by atoms with Gasteiger partial charge in [0.05, 0.1) is 18.1 Å². The van der Waals surface area contributed by atoms with Crippen LogP contribution in [0.25, 0.3) is 0 Å². The number of methoxy groups -OCH3 is 1. The molecule has 1 aromatic carbocycles. The molecular formula is C12H11BrN2O2S. The van der Waals surface area contributed by atoms with Gasteiger partial charge in [-0.3, -0.25) is 4.79 Å². The minimum absolute atomic E-state index is 0.131. The van der Waals surface area contributed by atoms with Gasteiger partial charge in [-0.05, 0) is 34.1 Å². The van der Waals surface area contributed by atoms with Crippen molar-refractivity contribution < 1.29 is 9.53 Å². The first-order chi connectivity index (χ1) is 8.70. The van der Waals surface area contributed by atoms with Gasteiger partial charge in [0.25, 0.3) is 5.91 Å². The lowest BCUT2D eigenvalue weighted by atomic mass is 10.2. The second kappa shape index (κ2) is 5.97. The third-order valence-electron chi connectivity index (χ3n) is 2.30. The van der Waals surface area contributed by atoms with Gasteiger partial charge in [0.2, 0.25) is 0 Å². The molecule has 0 fully saturated rings. The van der Waals surface area contributed by atoms with E-state index < -0.39 is 0 Å². The first-order valence-electron chi connectivity index (χ1n) is 5.21. The van der Waals surface area contributed by atoms with Gasteiger partial charge >= 0.3 is 0 Å². The highest BCUT2D eigenvalue weighted by molar-refractivity contribution is 9.10. The fourth-order valence-corrected chi connectivity index (χ4v) is 2.50. The van der Waals surface area contributed by atoms with Gasteiger partial charge in [-0.1, -0.05) is 0 Å². The van der Waals surface area contributed by atoms with E-state index in [0.717, 1.165) is 9.48 Å². The van der Waals surface area contributed by atoms with Gasteiger partial charge in [0.15, 0.2) is 0 Å². The van der Waals surface area contributed by atoms with Gasteiger partial charge < -0.3 is 10.1 Å². The molecule has 2 aromatic rings. The topological polar surface area (TPSA) is 51.2 Å². The van der Waals surface area contributed by atoms with Crippen LogP contribution in [0.1, 0.15) is 15.4 Å². The first-order valence-corrected chi connectivity index (χ1v) is 6.88. The number of thiazole rings is 1. The Balaban J connectivity index is 2.02. The summed E-state index contributed by atoms with van der Waals surface area (Å²) in [6.07, 6.45) is 1.72. The molecule has 0 radical (unpaired) electrons. The van der Waals surface area contributed by atoms with Gasteiger partial charge in [-0.15, -0.1) is 11.3 Å². The lowest BCUT2D eigenvalue weighted by Gasteiger charge is -2.06. The minimum Gasteiger partial charge on any atom is -0.496 e. The molecule has 4 nitrogen and oxygen atoms in total. The zero-order valence-electron chi connectivity index (χ0n) is 9.64. The maximum absolute atomic E-state index is 11.9. The van der Waals surface area contributed by atoms with Crippen molar-refractivity contribution in [2.24, 2.45) is 0 Å². The third kappa shape index (κ3) is 3.08. The van der Waals surface area contributed by atoms with Gasteiger partial charge in [-0.2, -0.15) is 0 Å². The maximum Gasteiger partial charge on any atom is 0.251 e. The molecule has 94 valence electrons. The van der Waals surface area contributed by atoms with Gasteiger partial charge in [0.1, 0.15) is 10.8 Å². The Bertz CT molecular complexity index is 543. The number of carbonyl (C=O) groups excluding carboxylic acids is 1. The van der Waals surface area contributed by atoms with Crippen molar-refractivity contribution in [2.45, 2.75) is 6.54 Å². The van der Waals surface area contributed by atoms with Crippen LogP contribution in [0.2, 0.25) is 0 Å². The van der Waals surface area contributed by atoms with Crippen LogP contribution in [0.5, 0.6) is 5.75 Å². The SMILES string of the molecule is COc1ccc(C(=O)NCc2nccs2)cc1Br. The predicted molar refractivity (Wildman–Crippen MR) is 74.0 cm³/mol. The third-order valence-corrected chi connectivity index (χ3v) is 3.70. The summed E-state index contributed by atoms with van der Waals surface area (Å²) in [4.78, 5) is 16.0. The molecular weight excluding hydrogens is 316 g/mol. The van der Waals surface area contributed by atoms with Crippen molar-refractivity contribution in [2.75, 3.05) is 7.11 Å². The normalized spacial score (nSPS) is 10.1. The highest BCUT2D eigenvalue weighted by atomic mass is 79.9. The van der Waals surface area contributed by atoms with E-state index in [4.69, 9.17) is 4.74 Å². The van der Waals surface area contributed by atoms with Crippen molar-refractivity contribution in [1.29, 1.82) is 0 Å². The summed E-state index contributed by atoms with van der Waals surface area (Å²) in [5, 5.41) is 5.58. The van der Waals surface area contributed by atoms with E-state index in [1.54, 1.807) is 31.5 Å². The standard InChI is InChI=1S/C12H11BrN2O2S/c1-17-10-3-2-8(6-9(10)13)12(16)15-7-11-14-4-5-18-11/h2-6H,7H2,1H3,(H,15,16). The zero-order valence-corrected chi connectivity index (χ0v) is 12.0. The number of carbonyl (C=O) groups is 1. The van der Waals surface area contributed by atoms with Crippen molar-refractivity contribution in [3.63, 3.8) is 0 Å². The Morgan fingerprint density at radius 1 is 1.56 bits per heavy atom. The van der Waals surface area contributed by atoms with Gasteiger partial charge in [0, 0.05) is 17.1 Å². The molecule has 0 aliphatic carbocycles. The molecule has 6 heteroatoms. The molecule has 1 heterocycles. The van der Waals surface area contributed by atoms with Crippen LogP contribution in [-0.2, 0) is 6.54 Å². The first kappa shape index (κ1) is 13.0. The molecule has 2 rings (SSSR count). The molecule has 0 spiro atoms. The van der Waals surface area contributed by atoms with Crippen LogP contribution in [0.4, 0.5) is 0 Å². The molecule has 0 atom stereocenters. The number of hydrogen-bond donors (Lipinski definition) is 1. The Morgan fingerprint density at radius 3 is 3.00 bits per heavy atom. The van der Waals surface area contributed by atoms with Crippen LogP contribution in [-0.4, -0.2) is 18.0 Å². The van der Waals surface area contributed by atoms with E-state index in [2.05, 4.69) is 26.2 Å². The summed E-state index contributed by atoms with van der Waals surface area (Å²) >= 11 is 4.86. The van der Waals surface area contributed by atoms with Crippen LogP contribution in [0, 0.1) is 0 Å². The van der Waals surface area contributed by atoms with Crippen molar-refractivity contribution in [1.82, 2.24) is 10.3 Å². The maximum atomic E-state index is 11.9. The van der Waals surface area contributed by atoms with E-state index >= 15 is 0 Å². The monoisotopic (exact) mass is 326 g/mol. The Kier molecular flexibility index (Phi) is 4.33. The second-order valence-electron chi connectivity index (χ2n) is 3.46. The lowest BCUT2D eigenvalue weighted by Crippen LogP contribution is -2.22. The number of ether oxygens (including phenoxy) is 1. The summed E-state index contributed by atoms with van der Waals surface area (Å²) in [5.41, 5.74) is 0.583. The Morgan fingerprint density at radius 2 is 2.39 bits per heavy atom. The fourth-order valence-electron chi connectivity index (χ4n) is 1.41. The molecule has 18 heavy (non-hydrogen) atoms. The average Bonchev–Trinajstić information content (AvgIpc) is 2.89.